The van der Waals surface area contributed by atoms with Crippen LogP contribution in [0.25, 0.3) is 0 Å². The molecule has 5 nitrogen and oxygen atoms in total. The molecule has 2 N–H and O–H groups in total. The molecule has 0 bridgehead atoms. The third-order valence-electron chi connectivity index (χ3n) is 4.48. The van der Waals surface area contributed by atoms with Crippen molar-refractivity contribution in [3.05, 3.63) is 94.6 Å². The largest absolute Gasteiger partial charge is 0.348 e. The van der Waals surface area contributed by atoms with E-state index in [4.69, 9.17) is 0 Å². The minimum Gasteiger partial charge on any atom is -0.348 e. The first-order chi connectivity index (χ1) is 13.4. The highest BCUT2D eigenvalue weighted by atomic mass is 19.1. The van der Waals surface area contributed by atoms with Crippen LogP contribution in [0.3, 0.4) is 0 Å². The Morgan fingerprint density at radius 1 is 0.964 bits per heavy atom. The third kappa shape index (κ3) is 4.59. The highest BCUT2D eigenvalue weighted by Crippen LogP contribution is 2.19. The van der Waals surface area contributed by atoms with Crippen LogP contribution in [-0.2, 0) is 6.54 Å². The minimum atomic E-state index is -0.363. The monoisotopic (exact) mass is 377 g/mol. The van der Waals surface area contributed by atoms with Gasteiger partial charge in [-0.15, -0.1) is 0 Å². The van der Waals surface area contributed by atoms with Crippen LogP contribution < -0.4 is 10.6 Å². The van der Waals surface area contributed by atoms with Crippen LogP contribution in [0.5, 0.6) is 0 Å². The van der Waals surface area contributed by atoms with Crippen molar-refractivity contribution in [2.45, 2.75) is 20.4 Å². The zero-order valence-electron chi connectivity index (χ0n) is 15.6. The summed E-state index contributed by atoms with van der Waals surface area (Å²) in [5.74, 6) is -1.03. The van der Waals surface area contributed by atoms with Crippen molar-refractivity contribution in [2.75, 3.05) is 5.32 Å². The maximum Gasteiger partial charge on any atom is 0.257 e. The normalized spacial score (nSPS) is 10.4. The molecule has 2 amide bonds. The van der Waals surface area contributed by atoms with Gasteiger partial charge >= 0.3 is 0 Å². The fourth-order valence-corrected chi connectivity index (χ4v) is 2.66. The van der Waals surface area contributed by atoms with E-state index in [1.165, 1.54) is 30.6 Å². The van der Waals surface area contributed by atoms with Gasteiger partial charge in [-0.05, 0) is 54.8 Å². The zero-order valence-corrected chi connectivity index (χ0v) is 15.6. The zero-order chi connectivity index (χ0) is 20.1. The lowest BCUT2D eigenvalue weighted by molar-refractivity contribution is 0.0950. The number of hydrogen-bond donors (Lipinski definition) is 2. The quantitative estimate of drug-likeness (QED) is 0.705. The second kappa shape index (κ2) is 8.43. The van der Waals surface area contributed by atoms with Crippen LogP contribution in [0, 0.1) is 19.7 Å². The van der Waals surface area contributed by atoms with E-state index in [0.717, 1.165) is 22.4 Å². The molecule has 0 spiro atoms. The Bertz CT molecular complexity index is 1020. The number of benzene rings is 2. The fraction of sp³-hybridized carbons (Fsp3) is 0.136. The molecule has 0 saturated heterocycles. The summed E-state index contributed by atoms with van der Waals surface area (Å²) in [6, 6.07) is 13.0. The van der Waals surface area contributed by atoms with Gasteiger partial charge in [-0.25, -0.2) is 4.39 Å². The maximum absolute atomic E-state index is 12.9. The van der Waals surface area contributed by atoms with Crippen molar-refractivity contribution in [3.8, 4) is 0 Å². The molecule has 0 atom stereocenters. The fourth-order valence-electron chi connectivity index (χ4n) is 2.66. The number of halogens is 1. The molecule has 1 aromatic heterocycles. The molecule has 3 rings (SSSR count). The number of carbonyl (C=O) groups excluding carboxylic acids is 2. The number of carbonyl (C=O) groups is 2. The van der Waals surface area contributed by atoms with Gasteiger partial charge in [0, 0.05) is 24.6 Å². The second-order valence-corrected chi connectivity index (χ2v) is 6.47. The topological polar surface area (TPSA) is 71.1 Å². The molecular formula is C22H20FN3O2. The number of pyridine rings is 1. The van der Waals surface area contributed by atoms with Gasteiger partial charge in [0.05, 0.1) is 11.1 Å². The van der Waals surface area contributed by atoms with Gasteiger partial charge in [-0.3, -0.25) is 14.6 Å². The lowest BCUT2D eigenvalue weighted by atomic mass is 10.1. The standard InChI is InChI=1S/C22H20FN3O2/c1-14-4-3-5-20(15(14)2)26-22(28)18-10-17(12-24-13-18)21(27)25-11-16-6-8-19(23)9-7-16/h3-10,12-13H,11H2,1-2H3,(H,25,27)(H,26,28). The molecule has 0 fully saturated rings. The van der Waals surface area contributed by atoms with Crippen molar-refractivity contribution in [3.63, 3.8) is 0 Å². The van der Waals surface area contributed by atoms with E-state index in [1.807, 2.05) is 32.0 Å². The third-order valence-corrected chi connectivity index (χ3v) is 4.48. The number of nitrogens with zero attached hydrogens (tertiary/aromatic N) is 1. The number of amides is 2. The smallest absolute Gasteiger partial charge is 0.257 e. The first-order valence-electron chi connectivity index (χ1n) is 8.79. The van der Waals surface area contributed by atoms with Gasteiger partial charge in [-0.1, -0.05) is 24.3 Å². The van der Waals surface area contributed by atoms with E-state index >= 15 is 0 Å². The summed E-state index contributed by atoms with van der Waals surface area (Å²) in [7, 11) is 0. The molecule has 0 radical (unpaired) electrons. The summed E-state index contributed by atoms with van der Waals surface area (Å²) >= 11 is 0. The SMILES string of the molecule is Cc1cccc(NC(=O)c2cncc(C(=O)NCc3ccc(F)cc3)c2)c1C. The number of nitrogens with one attached hydrogen (secondary N) is 2. The van der Waals surface area contributed by atoms with E-state index in [-0.39, 0.29) is 35.3 Å². The highest BCUT2D eigenvalue weighted by Gasteiger charge is 2.13. The summed E-state index contributed by atoms with van der Waals surface area (Å²) in [4.78, 5) is 28.9. The van der Waals surface area contributed by atoms with Crippen molar-refractivity contribution in [2.24, 2.45) is 0 Å². The van der Waals surface area contributed by atoms with Crippen LogP contribution >= 0.6 is 0 Å². The van der Waals surface area contributed by atoms with Crippen molar-refractivity contribution in [1.82, 2.24) is 10.3 Å². The lowest BCUT2D eigenvalue weighted by Gasteiger charge is -2.11. The Morgan fingerprint density at radius 3 is 2.36 bits per heavy atom. The molecule has 28 heavy (non-hydrogen) atoms. The van der Waals surface area contributed by atoms with Crippen LogP contribution in [0.15, 0.2) is 60.9 Å². The predicted molar refractivity (Wildman–Crippen MR) is 106 cm³/mol. The number of anilines is 1. The predicted octanol–water partition coefficient (Wildman–Crippen LogP) is 4.02. The van der Waals surface area contributed by atoms with Crippen LogP contribution in [0.2, 0.25) is 0 Å². The molecule has 142 valence electrons. The van der Waals surface area contributed by atoms with Gasteiger partial charge < -0.3 is 10.6 Å². The van der Waals surface area contributed by atoms with Gasteiger partial charge in [0.1, 0.15) is 5.82 Å². The van der Waals surface area contributed by atoms with Crippen LogP contribution in [0.1, 0.15) is 37.4 Å². The molecule has 2 aromatic carbocycles. The Labute approximate surface area is 162 Å². The highest BCUT2D eigenvalue weighted by molar-refractivity contribution is 6.06. The Kier molecular flexibility index (Phi) is 5.79. The molecule has 0 aliphatic carbocycles. The average Bonchev–Trinajstić information content (AvgIpc) is 2.71. The Balaban J connectivity index is 1.68. The van der Waals surface area contributed by atoms with Gasteiger partial charge in [0.25, 0.3) is 11.8 Å². The molecule has 6 heteroatoms. The summed E-state index contributed by atoms with van der Waals surface area (Å²) in [6.07, 6.45) is 2.81. The summed E-state index contributed by atoms with van der Waals surface area (Å²) in [6.45, 7) is 4.15. The molecule has 0 saturated carbocycles. The van der Waals surface area contributed by atoms with Crippen LogP contribution in [0.4, 0.5) is 10.1 Å². The molecule has 0 unspecified atom stereocenters. The Hall–Kier alpha value is -3.54. The van der Waals surface area contributed by atoms with E-state index < -0.39 is 0 Å². The lowest BCUT2D eigenvalue weighted by Crippen LogP contribution is -2.23. The number of rotatable bonds is 5. The van der Waals surface area contributed by atoms with Crippen LogP contribution in [-0.4, -0.2) is 16.8 Å². The number of hydrogen-bond acceptors (Lipinski definition) is 3. The van der Waals surface area contributed by atoms with Crippen molar-refractivity contribution < 1.29 is 14.0 Å². The molecule has 3 aromatic rings. The summed E-state index contributed by atoms with van der Waals surface area (Å²) < 4.78 is 12.9. The van der Waals surface area contributed by atoms with E-state index in [0.29, 0.717) is 0 Å². The first kappa shape index (κ1) is 19.2. The van der Waals surface area contributed by atoms with Crippen molar-refractivity contribution >= 4 is 17.5 Å². The van der Waals surface area contributed by atoms with Crippen molar-refractivity contribution in [1.29, 1.82) is 0 Å². The van der Waals surface area contributed by atoms with Gasteiger partial charge in [-0.2, -0.15) is 0 Å². The molecular weight excluding hydrogens is 357 g/mol. The number of aromatic nitrogens is 1. The van der Waals surface area contributed by atoms with Gasteiger partial charge in [0.2, 0.25) is 0 Å². The van der Waals surface area contributed by atoms with E-state index in [1.54, 1.807) is 12.1 Å². The minimum absolute atomic E-state index is 0.248. The first-order valence-corrected chi connectivity index (χ1v) is 8.79. The average molecular weight is 377 g/mol. The van der Waals surface area contributed by atoms with Gasteiger partial charge in [0.15, 0.2) is 0 Å². The molecule has 0 aliphatic rings. The summed E-state index contributed by atoms with van der Waals surface area (Å²) in [5, 5.41) is 5.58. The Morgan fingerprint density at radius 2 is 1.64 bits per heavy atom. The van der Waals surface area contributed by atoms with E-state index in [2.05, 4.69) is 15.6 Å². The summed E-state index contributed by atoms with van der Waals surface area (Å²) in [5.41, 5.74) is 4.11. The number of aryl methyl sites for hydroxylation is 1. The second-order valence-electron chi connectivity index (χ2n) is 6.47. The molecule has 0 aliphatic heterocycles. The molecule has 1 heterocycles. The maximum atomic E-state index is 12.9. The van der Waals surface area contributed by atoms with E-state index in [9.17, 15) is 14.0 Å².